The van der Waals surface area contributed by atoms with E-state index in [2.05, 4.69) is 19.2 Å². The molecule has 3 heteroatoms. The summed E-state index contributed by atoms with van der Waals surface area (Å²) in [4.78, 5) is 10.7. The van der Waals surface area contributed by atoms with Gasteiger partial charge < -0.3 is 10.4 Å². The van der Waals surface area contributed by atoms with Gasteiger partial charge in [-0.1, -0.05) is 13.8 Å². The molecule has 0 aromatic carbocycles. The van der Waals surface area contributed by atoms with E-state index in [0.29, 0.717) is 18.4 Å². The Morgan fingerprint density at radius 1 is 1.55 bits per heavy atom. The number of rotatable bonds is 2. The third-order valence-corrected chi connectivity index (χ3v) is 2.43. The highest BCUT2D eigenvalue weighted by molar-refractivity contribution is 5.71. The Morgan fingerprint density at radius 3 is 2.55 bits per heavy atom. The van der Waals surface area contributed by atoms with Crippen LogP contribution < -0.4 is 5.32 Å². The van der Waals surface area contributed by atoms with E-state index in [4.69, 9.17) is 5.11 Å². The summed E-state index contributed by atoms with van der Waals surface area (Å²) in [6, 6.07) is 0. The topological polar surface area (TPSA) is 49.3 Å². The number of hydrogen-bond donors (Lipinski definition) is 2. The molecule has 1 fully saturated rings. The summed E-state index contributed by atoms with van der Waals surface area (Å²) in [6.07, 6.45) is 0. The molecule has 11 heavy (non-hydrogen) atoms. The normalized spacial score (nSPS) is 31.2. The van der Waals surface area contributed by atoms with Gasteiger partial charge in [0, 0.05) is 6.54 Å². The quantitative estimate of drug-likeness (QED) is 0.616. The number of nitrogens with one attached hydrogen (secondary N) is 1. The van der Waals surface area contributed by atoms with Crippen molar-refractivity contribution in [2.75, 3.05) is 13.1 Å². The van der Waals surface area contributed by atoms with E-state index < -0.39 is 5.97 Å². The van der Waals surface area contributed by atoms with Crippen molar-refractivity contribution in [1.29, 1.82) is 0 Å². The molecule has 64 valence electrons. The lowest BCUT2D eigenvalue weighted by atomic mass is 9.86. The fraction of sp³-hybridized carbons (Fsp3) is 0.875. The summed E-state index contributed by atoms with van der Waals surface area (Å²) < 4.78 is 0. The SMILES string of the molecule is CC(C)[C@H]1CNCC1C(=O)O. The van der Waals surface area contributed by atoms with Crippen LogP contribution in [0.25, 0.3) is 0 Å². The molecule has 0 aliphatic carbocycles. The predicted octanol–water partition coefficient (Wildman–Crippen LogP) is 0.563. The van der Waals surface area contributed by atoms with Crippen LogP contribution in [0.1, 0.15) is 13.8 Å². The fourth-order valence-corrected chi connectivity index (χ4v) is 1.67. The molecule has 1 rings (SSSR count). The molecular formula is C8H15NO2. The zero-order valence-corrected chi connectivity index (χ0v) is 7.00. The highest BCUT2D eigenvalue weighted by atomic mass is 16.4. The lowest BCUT2D eigenvalue weighted by Crippen LogP contribution is -2.25. The number of carboxylic acid groups (broad SMARTS) is 1. The Labute approximate surface area is 66.8 Å². The van der Waals surface area contributed by atoms with Crippen molar-refractivity contribution >= 4 is 5.97 Å². The zero-order chi connectivity index (χ0) is 8.43. The van der Waals surface area contributed by atoms with Crippen molar-refractivity contribution < 1.29 is 9.90 Å². The second-order valence-electron chi connectivity index (χ2n) is 3.51. The Morgan fingerprint density at radius 2 is 2.18 bits per heavy atom. The van der Waals surface area contributed by atoms with Crippen LogP contribution in [0.2, 0.25) is 0 Å². The molecule has 1 aliphatic rings. The lowest BCUT2D eigenvalue weighted by molar-refractivity contribution is -0.142. The highest BCUT2D eigenvalue weighted by Gasteiger charge is 2.34. The van der Waals surface area contributed by atoms with E-state index in [1.165, 1.54) is 0 Å². The molecule has 3 nitrogen and oxygen atoms in total. The van der Waals surface area contributed by atoms with Crippen LogP contribution in [0, 0.1) is 17.8 Å². The number of hydrogen-bond acceptors (Lipinski definition) is 2. The van der Waals surface area contributed by atoms with Crippen molar-refractivity contribution in [3.05, 3.63) is 0 Å². The minimum Gasteiger partial charge on any atom is -0.481 e. The maximum Gasteiger partial charge on any atom is 0.308 e. The van der Waals surface area contributed by atoms with Crippen LogP contribution in [-0.2, 0) is 4.79 Å². The molecule has 0 amide bonds. The van der Waals surface area contributed by atoms with Crippen LogP contribution in [0.15, 0.2) is 0 Å². The summed E-state index contributed by atoms with van der Waals surface area (Å²) in [5.74, 6) is -0.0534. The molecule has 1 heterocycles. The predicted molar refractivity (Wildman–Crippen MR) is 42.3 cm³/mol. The molecule has 1 unspecified atom stereocenters. The summed E-state index contributed by atoms with van der Waals surface area (Å²) in [7, 11) is 0. The first-order chi connectivity index (χ1) is 5.13. The molecule has 0 radical (unpaired) electrons. The fourth-order valence-electron chi connectivity index (χ4n) is 1.67. The van der Waals surface area contributed by atoms with Gasteiger partial charge in [-0.25, -0.2) is 0 Å². The van der Waals surface area contributed by atoms with E-state index in [0.717, 1.165) is 6.54 Å². The van der Waals surface area contributed by atoms with Gasteiger partial charge >= 0.3 is 5.97 Å². The molecule has 2 N–H and O–H groups in total. The van der Waals surface area contributed by atoms with E-state index >= 15 is 0 Å². The first kappa shape index (κ1) is 8.53. The van der Waals surface area contributed by atoms with E-state index in [1.54, 1.807) is 0 Å². The van der Waals surface area contributed by atoms with Crippen LogP contribution in [0.3, 0.4) is 0 Å². The standard InChI is InChI=1S/C8H15NO2/c1-5(2)6-3-9-4-7(6)8(10)11/h5-7,9H,3-4H2,1-2H3,(H,10,11)/t6-,7?/m1/s1. The van der Waals surface area contributed by atoms with Crippen LogP contribution in [0.5, 0.6) is 0 Å². The Hall–Kier alpha value is -0.570. The van der Waals surface area contributed by atoms with E-state index in [9.17, 15) is 4.79 Å². The Kier molecular flexibility index (Phi) is 2.49. The van der Waals surface area contributed by atoms with Crippen molar-refractivity contribution in [2.24, 2.45) is 17.8 Å². The number of carboxylic acids is 1. The molecule has 0 saturated carbocycles. The zero-order valence-electron chi connectivity index (χ0n) is 7.00. The molecule has 0 aromatic rings. The highest BCUT2D eigenvalue weighted by Crippen LogP contribution is 2.24. The smallest absolute Gasteiger partial charge is 0.308 e. The van der Waals surface area contributed by atoms with Crippen LogP contribution in [0.4, 0.5) is 0 Å². The summed E-state index contributed by atoms with van der Waals surface area (Å²) in [5.41, 5.74) is 0. The molecule has 0 spiro atoms. The van der Waals surface area contributed by atoms with Gasteiger partial charge in [-0.3, -0.25) is 4.79 Å². The van der Waals surface area contributed by atoms with Gasteiger partial charge in [0.1, 0.15) is 0 Å². The molecule has 0 aromatic heterocycles. The Bertz CT molecular complexity index is 156. The van der Waals surface area contributed by atoms with Crippen molar-refractivity contribution in [2.45, 2.75) is 13.8 Å². The van der Waals surface area contributed by atoms with Crippen LogP contribution >= 0.6 is 0 Å². The number of carbonyl (C=O) groups is 1. The third-order valence-electron chi connectivity index (χ3n) is 2.43. The van der Waals surface area contributed by atoms with Gasteiger partial charge in [0.2, 0.25) is 0 Å². The molecular weight excluding hydrogens is 142 g/mol. The molecule has 0 bridgehead atoms. The van der Waals surface area contributed by atoms with Gasteiger partial charge in [-0.2, -0.15) is 0 Å². The molecule has 1 saturated heterocycles. The van der Waals surface area contributed by atoms with Crippen molar-refractivity contribution in [3.63, 3.8) is 0 Å². The summed E-state index contributed by atoms with van der Waals surface area (Å²) in [5, 5.41) is 11.9. The second-order valence-corrected chi connectivity index (χ2v) is 3.51. The van der Waals surface area contributed by atoms with E-state index in [-0.39, 0.29) is 5.92 Å². The first-order valence-corrected chi connectivity index (χ1v) is 4.06. The second kappa shape index (κ2) is 3.22. The molecule has 2 atom stereocenters. The number of aliphatic carboxylic acids is 1. The van der Waals surface area contributed by atoms with Crippen molar-refractivity contribution in [3.8, 4) is 0 Å². The maximum absolute atomic E-state index is 10.7. The van der Waals surface area contributed by atoms with Gasteiger partial charge in [0.25, 0.3) is 0 Å². The minimum atomic E-state index is -0.659. The lowest BCUT2D eigenvalue weighted by Gasteiger charge is -2.17. The Balaban J connectivity index is 2.58. The summed E-state index contributed by atoms with van der Waals surface area (Å²) >= 11 is 0. The average Bonchev–Trinajstić information content (AvgIpc) is 2.32. The van der Waals surface area contributed by atoms with Gasteiger partial charge in [-0.15, -0.1) is 0 Å². The van der Waals surface area contributed by atoms with Gasteiger partial charge in [0.15, 0.2) is 0 Å². The maximum atomic E-state index is 10.7. The van der Waals surface area contributed by atoms with Crippen molar-refractivity contribution in [1.82, 2.24) is 5.32 Å². The molecule has 1 aliphatic heterocycles. The first-order valence-electron chi connectivity index (χ1n) is 4.06. The average molecular weight is 157 g/mol. The van der Waals surface area contributed by atoms with Crippen LogP contribution in [-0.4, -0.2) is 24.2 Å². The third kappa shape index (κ3) is 1.71. The largest absolute Gasteiger partial charge is 0.481 e. The van der Waals surface area contributed by atoms with Gasteiger partial charge in [-0.05, 0) is 18.4 Å². The monoisotopic (exact) mass is 157 g/mol. The van der Waals surface area contributed by atoms with Gasteiger partial charge in [0.05, 0.1) is 5.92 Å². The van der Waals surface area contributed by atoms with E-state index in [1.807, 2.05) is 0 Å². The summed E-state index contributed by atoms with van der Waals surface area (Å²) in [6.45, 7) is 5.65. The minimum absolute atomic E-state index is 0.171.